The third-order valence-corrected chi connectivity index (χ3v) is 6.79. The molecule has 0 aliphatic heterocycles. The monoisotopic (exact) mass is 386 g/mol. The summed E-state index contributed by atoms with van der Waals surface area (Å²) in [4.78, 5) is 12.9. The van der Waals surface area contributed by atoms with Gasteiger partial charge in [0.1, 0.15) is 0 Å². The highest BCUT2D eigenvalue weighted by molar-refractivity contribution is 7.91. The number of rotatable bonds is 6. The number of halogens is 1. The van der Waals surface area contributed by atoms with Crippen LogP contribution in [0.5, 0.6) is 0 Å². The van der Waals surface area contributed by atoms with Crippen molar-refractivity contribution in [3.8, 4) is 0 Å². The third kappa shape index (κ3) is 4.14. The largest absolute Gasteiger partial charge is 0.294 e. The summed E-state index contributed by atoms with van der Waals surface area (Å²) in [5.74, 6) is -0.131. The van der Waals surface area contributed by atoms with Gasteiger partial charge in [0, 0.05) is 11.4 Å². The molecule has 0 heterocycles. The summed E-state index contributed by atoms with van der Waals surface area (Å²) in [5.41, 5.74) is 1.24. The van der Waals surface area contributed by atoms with Gasteiger partial charge in [0.15, 0.2) is 15.6 Å². The maximum absolute atomic E-state index is 13.2. The minimum absolute atomic E-state index is 0.0848. The molecule has 0 radical (unpaired) electrons. The molecule has 3 rings (SSSR count). The quantitative estimate of drug-likeness (QED) is 0.649. The zero-order valence-corrected chi connectivity index (χ0v) is 15.7. The first-order chi connectivity index (χ1) is 12.5. The molecule has 1 aliphatic rings. The van der Waals surface area contributed by atoms with Crippen LogP contribution in [0.2, 0.25) is 5.02 Å². The molecule has 134 valence electrons. The Morgan fingerprint density at radius 1 is 1.00 bits per heavy atom. The van der Waals surface area contributed by atoms with E-state index in [-0.39, 0.29) is 17.1 Å². The second-order valence-corrected chi connectivity index (χ2v) is 8.73. The summed E-state index contributed by atoms with van der Waals surface area (Å²) in [6.45, 7) is 0. The normalized spacial score (nSPS) is 15.3. The van der Waals surface area contributed by atoms with Crippen molar-refractivity contribution in [3.05, 3.63) is 89.0 Å². The van der Waals surface area contributed by atoms with Gasteiger partial charge in [-0.2, -0.15) is 0 Å². The van der Waals surface area contributed by atoms with Crippen LogP contribution in [0.3, 0.4) is 0 Å². The molecule has 1 aliphatic carbocycles. The van der Waals surface area contributed by atoms with Gasteiger partial charge in [-0.3, -0.25) is 4.79 Å². The average molecular weight is 387 g/mol. The predicted octanol–water partition coefficient (Wildman–Crippen LogP) is 5.09. The summed E-state index contributed by atoms with van der Waals surface area (Å²) in [6, 6.07) is 14.9. The number of allylic oxidation sites excluding steroid dienone is 4. The number of hydrogen-bond donors (Lipinski definition) is 0. The lowest BCUT2D eigenvalue weighted by atomic mass is 9.97. The fourth-order valence-corrected chi connectivity index (χ4v) is 4.86. The fourth-order valence-electron chi connectivity index (χ4n) is 2.99. The standard InChI is InChI=1S/C21H19ClO3S/c22-18-13-11-17(12-14-18)21(15-20(23)16-7-3-1-4-8-16)26(24,25)19-9-5-2-6-10-19/h1-3,5-6,8-14,21H,4,7,15H2. The van der Waals surface area contributed by atoms with Gasteiger partial charge in [0.05, 0.1) is 10.1 Å². The smallest absolute Gasteiger partial charge is 0.185 e. The maximum Gasteiger partial charge on any atom is 0.185 e. The van der Waals surface area contributed by atoms with Crippen molar-refractivity contribution in [3.63, 3.8) is 0 Å². The Kier molecular flexibility index (Phi) is 5.74. The van der Waals surface area contributed by atoms with Gasteiger partial charge >= 0.3 is 0 Å². The molecule has 0 saturated heterocycles. The maximum atomic E-state index is 13.2. The van der Waals surface area contributed by atoms with Crippen LogP contribution >= 0.6 is 11.6 Å². The van der Waals surface area contributed by atoms with Crippen molar-refractivity contribution in [1.29, 1.82) is 0 Å². The summed E-state index contributed by atoms with van der Waals surface area (Å²) >= 11 is 5.94. The summed E-state index contributed by atoms with van der Waals surface area (Å²) in [7, 11) is -3.71. The van der Waals surface area contributed by atoms with Crippen LogP contribution in [0.15, 0.2) is 83.3 Å². The highest BCUT2D eigenvalue weighted by Gasteiger charge is 2.32. The van der Waals surface area contributed by atoms with Crippen molar-refractivity contribution < 1.29 is 13.2 Å². The van der Waals surface area contributed by atoms with Gasteiger partial charge in [-0.25, -0.2) is 8.42 Å². The molecule has 0 spiro atoms. The number of carbonyl (C=O) groups excluding carboxylic acids is 1. The van der Waals surface area contributed by atoms with E-state index >= 15 is 0 Å². The Balaban J connectivity index is 1.98. The lowest BCUT2D eigenvalue weighted by Gasteiger charge is -2.19. The third-order valence-electron chi connectivity index (χ3n) is 4.42. The molecule has 0 N–H and O–H groups in total. The minimum Gasteiger partial charge on any atom is -0.294 e. The van der Waals surface area contributed by atoms with E-state index < -0.39 is 15.1 Å². The Hall–Kier alpha value is -2.17. The number of hydrogen-bond acceptors (Lipinski definition) is 3. The van der Waals surface area contributed by atoms with Crippen molar-refractivity contribution in [1.82, 2.24) is 0 Å². The van der Waals surface area contributed by atoms with Crippen molar-refractivity contribution in [2.75, 3.05) is 0 Å². The summed E-state index contributed by atoms with van der Waals surface area (Å²) in [5, 5.41) is -0.419. The van der Waals surface area contributed by atoms with Crippen LogP contribution in [0, 0.1) is 0 Å². The molecule has 0 fully saturated rings. The van der Waals surface area contributed by atoms with E-state index in [1.54, 1.807) is 54.6 Å². The number of Topliss-reactive ketones (excluding diaryl/α,β-unsaturated/α-hetero) is 1. The summed E-state index contributed by atoms with van der Waals surface area (Å²) in [6.07, 6.45) is 6.98. The predicted molar refractivity (Wildman–Crippen MR) is 104 cm³/mol. The molecule has 2 aromatic carbocycles. The minimum atomic E-state index is -3.71. The van der Waals surface area contributed by atoms with E-state index in [0.29, 0.717) is 29.0 Å². The van der Waals surface area contributed by atoms with Gasteiger partial charge in [-0.05, 0) is 48.2 Å². The van der Waals surface area contributed by atoms with E-state index in [1.807, 2.05) is 18.2 Å². The fraction of sp³-hybridized carbons (Fsp3) is 0.190. The van der Waals surface area contributed by atoms with Crippen LogP contribution in [0.4, 0.5) is 0 Å². The Morgan fingerprint density at radius 2 is 1.69 bits per heavy atom. The van der Waals surface area contributed by atoms with Crippen molar-refractivity contribution in [2.24, 2.45) is 0 Å². The van der Waals surface area contributed by atoms with Crippen molar-refractivity contribution in [2.45, 2.75) is 29.4 Å². The molecule has 5 heteroatoms. The molecule has 3 nitrogen and oxygen atoms in total. The second-order valence-electron chi connectivity index (χ2n) is 6.17. The summed E-state index contributed by atoms with van der Waals surface area (Å²) < 4.78 is 26.4. The molecule has 0 amide bonds. The van der Waals surface area contributed by atoms with Crippen LogP contribution in [-0.2, 0) is 14.6 Å². The lowest BCUT2D eigenvalue weighted by Crippen LogP contribution is -2.19. The highest BCUT2D eigenvalue weighted by Crippen LogP contribution is 2.34. The van der Waals surface area contributed by atoms with Crippen molar-refractivity contribution >= 4 is 27.2 Å². The van der Waals surface area contributed by atoms with Gasteiger partial charge in [0.2, 0.25) is 0 Å². The topological polar surface area (TPSA) is 51.2 Å². The molecule has 1 atom stereocenters. The number of sulfone groups is 1. The lowest BCUT2D eigenvalue weighted by molar-refractivity contribution is -0.115. The van der Waals surface area contributed by atoms with Gasteiger partial charge in [-0.15, -0.1) is 0 Å². The number of ketones is 1. The molecular weight excluding hydrogens is 368 g/mol. The van der Waals surface area contributed by atoms with Gasteiger partial charge in [-0.1, -0.05) is 60.2 Å². The molecule has 26 heavy (non-hydrogen) atoms. The Morgan fingerprint density at radius 3 is 2.31 bits per heavy atom. The molecule has 1 unspecified atom stereocenters. The zero-order chi connectivity index (χ0) is 18.6. The zero-order valence-electron chi connectivity index (χ0n) is 14.1. The van der Waals surface area contributed by atoms with E-state index in [9.17, 15) is 13.2 Å². The van der Waals surface area contributed by atoms with E-state index in [0.717, 1.165) is 0 Å². The van der Waals surface area contributed by atoms with E-state index in [2.05, 4.69) is 0 Å². The first-order valence-electron chi connectivity index (χ1n) is 8.40. The first-order valence-corrected chi connectivity index (χ1v) is 10.3. The highest BCUT2D eigenvalue weighted by atomic mass is 35.5. The first kappa shape index (κ1) is 18.6. The van der Waals surface area contributed by atoms with Crippen LogP contribution in [0.1, 0.15) is 30.1 Å². The van der Waals surface area contributed by atoms with E-state index in [4.69, 9.17) is 11.6 Å². The van der Waals surface area contributed by atoms with Gasteiger partial charge in [0.25, 0.3) is 0 Å². The molecule has 0 aromatic heterocycles. The Bertz CT molecular complexity index is 943. The Labute approximate surface area is 158 Å². The van der Waals surface area contributed by atoms with Crippen LogP contribution in [0.25, 0.3) is 0 Å². The molecule has 0 bridgehead atoms. The SMILES string of the molecule is O=C(CC(c1ccc(Cl)cc1)S(=O)(=O)c1ccccc1)C1=CCC=CC1. The molecule has 2 aromatic rings. The molecule has 0 saturated carbocycles. The number of benzene rings is 2. The van der Waals surface area contributed by atoms with Crippen LogP contribution < -0.4 is 0 Å². The molecular formula is C21H19ClO3S. The second kappa shape index (κ2) is 8.02. The van der Waals surface area contributed by atoms with E-state index in [1.165, 1.54) is 0 Å². The van der Waals surface area contributed by atoms with Crippen LogP contribution in [-0.4, -0.2) is 14.2 Å². The van der Waals surface area contributed by atoms with Gasteiger partial charge < -0.3 is 0 Å². The number of carbonyl (C=O) groups is 1. The average Bonchev–Trinajstić information content (AvgIpc) is 2.68.